The molecular formula is C20H22N2O2. The van der Waals surface area contributed by atoms with Crippen LogP contribution >= 0.6 is 0 Å². The van der Waals surface area contributed by atoms with Gasteiger partial charge in [-0.05, 0) is 17.5 Å². The van der Waals surface area contributed by atoms with E-state index in [0.717, 1.165) is 18.5 Å². The summed E-state index contributed by atoms with van der Waals surface area (Å²) in [5.74, 6) is 0.0724. The molecule has 1 amide bonds. The highest BCUT2D eigenvalue weighted by molar-refractivity contribution is 5.81. The van der Waals surface area contributed by atoms with Crippen LogP contribution < -0.4 is 0 Å². The molecule has 2 heterocycles. The largest absolute Gasteiger partial charge is 0.338 e. The topological polar surface area (TPSA) is 32.8 Å². The second-order valence-electron chi connectivity index (χ2n) is 6.61. The lowest BCUT2D eigenvalue weighted by Crippen LogP contribution is -2.49. The van der Waals surface area contributed by atoms with Crippen molar-refractivity contribution < 1.29 is 9.63 Å². The smallest absolute Gasteiger partial charge is 0.230 e. The number of hydrogen-bond donors (Lipinski definition) is 0. The van der Waals surface area contributed by atoms with Crippen LogP contribution in [0.25, 0.3) is 0 Å². The van der Waals surface area contributed by atoms with Gasteiger partial charge in [-0.3, -0.25) is 9.63 Å². The van der Waals surface area contributed by atoms with Crippen molar-refractivity contribution >= 4 is 5.91 Å². The standard InChI is InChI=1S/C20H22N2O2/c1-21-17-12-13-22(14-15-8-4-2-5-9-15)20(23)18(17)19(24-21)16-10-6-3-7-11-16/h2-11,17-19H,12-14H2,1H3/t17-,18+,19-/m0/s1. The van der Waals surface area contributed by atoms with Crippen molar-refractivity contribution in [1.29, 1.82) is 0 Å². The van der Waals surface area contributed by atoms with Gasteiger partial charge < -0.3 is 4.90 Å². The van der Waals surface area contributed by atoms with Crippen molar-refractivity contribution in [3.05, 3.63) is 71.8 Å². The van der Waals surface area contributed by atoms with Gasteiger partial charge in [-0.2, -0.15) is 5.06 Å². The predicted molar refractivity (Wildman–Crippen MR) is 91.8 cm³/mol. The molecule has 4 rings (SSSR count). The maximum atomic E-state index is 13.2. The van der Waals surface area contributed by atoms with E-state index in [1.54, 1.807) is 0 Å². The Kier molecular flexibility index (Phi) is 4.08. The molecule has 4 heteroatoms. The van der Waals surface area contributed by atoms with Gasteiger partial charge in [-0.15, -0.1) is 0 Å². The summed E-state index contributed by atoms with van der Waals surface area (Å²) in [6.45, 7) is 1.46. The minimum Gasteiger partial charge on any atom is -0.338 e. The first-order valence-corrected chi connectivity index (χ1v) is 8.51. The van der Waals surface area contributed by atoms with Crippen LogP contribution in [0.4, 0.5) is 0 Å². The van der Waals surface area contributed by atoms with Crippen molar-refractivity contribution in [2.75, 3.05) is 13.6 Å². The number of amides is 1. The summed E-state index contributed by atoms with van der Waals surface area (Å²) in [5, 5.41) is 1.89. The molecule has 2 saturated heterocycles. The number of piperidine rings is 1. The van der Waals surface area contributed by atoms with E-state index in [4.69, 9.17) is 4.84 Å². The van der Waals surface area contributed by atoms with E-state index in [0.29, 0.717) is 6.54 Å². The van der Waals surface area contributed by atoms with Gasteiger partial charge in [-0.1, -0.05) is 60.7 Å². The van der Waals surface area contributed by atoms with Crippen molar-refractivity contribution in [3.8, 4) is 0 Å². The Morgan fingerprint density at radius 1 is 1.04 bits per heavy atom. The summed E-state index contributed by atoms with van der Waals surface area (Å²) < 4.78 is 0. The summed E-state index contributed by atoms with van der Waals surface area (Å²) in [5.41, 5.74) is 2.25. The van der Waals surface area contributed by atoms with Gasteiger partial charge in [-0.25, -0.2) is 0 Å². The third-order valence-corrected chi connectivity index (χ3v) is 5.12. The van der Waals surface area contributed by atoms with Gasteiger partial charge in [0.05, 0.1) is 12.0 Å². The first-order chi connectivity index (χ1) is 11.7. The lowest BCUT2D eigenvalue weighted by molar-refractivity contribution is -0.146. The second-order valence-corrected chi connectivity index (χ2v) is 6.61. The SMILES string of the molecule is CN1O[C@@H](c2ccccc2)[C@@H]2C(=O)N(Cc3ccccc3)CC[C@@H]21. The number of likely N-dealkylation sites (tertiary alicyclic amines) is 1. The predicted octanol–water partition coefficient (Wildman–Crippen LogP) is 3.02. The maximum Gasteiger partial charge on any atom is 0.230 e. The molecule has 2 aliphatic heterocycles. The van der Waals surface area contributed by atoms with Gasteiger partial charge in [0, 0.05) is 20.1 Å². The molecule has 124 valence electrons. The molecule has 0 saturated carbocycles. The molecule has 2 aromatic carbocycles. The van der Waals surface area contributed by atoms with E-state index < -0.39 is 0 Å². The van der Waals surface area contributed by atoms with E-state index in [1.807, 2.05) is 65.5 Å². The number of fused-ring (bicyclic) bond motifs is 1. The lowest BCUT2D eigenvalue weighted by Gasteiger charge is -2.36. The molecule has 0 unspecified atom stereocenters. The zero-order valence-electron chi connectivity index (χ0n) is 13.8. The van der Waals surface area contributed by atoms with Crippen molar-refractivity contribution in [1.82, 2.24) is 9.96 Å². The number of hydrogen-bond acceptors (Lipinski definition) is 3. The minimum absolute atomic E-state index is 0.130. The van der Waals surface area contributed by atoms with Crippen LogP contribution in [0, 0.1) is 5.92 Å². The molecule has 2 fully saturated rings. The van der Waals surface area contributed by atoms with Crippen LogP contribution in [0.2, 0.25) is 0 Å². The van der Waals surface area contributed by atoms with Gasteiger partial charge >= 0.3 is 0 Å². The normalized spacial score (nSPS) is 27.3. The molecule has 0 aromatic heterocycles. The second kappa shape index (κ2) is 6.38. The number of nitrogens with zero attached hydrogens (tertiary/aromatic N) is 2. The highest BCUT2D eigenvalue weighted by atomic mass is 16.7. The number of carbonyl (C=O) groups excluding carboxylic acids is 1. The first kappa shape index (κ1) is 15.4. The van der Waals surface area contributed by atoms with Crippen molar-refractivity contribution in [2.45, 2.75) is 25.1 Å². The summed E-state index contributed by atoms with van der Waals surface area (Å²) in [4.78, 5) is 21.2. The molecular weight excluding hydrogens is 300 g/mol. The summed E-state index contributed by atoms with van der Waals surface area (Å²) in [6.07, 6.45) is 0.760. The minimum atomic E-state index is -0.188. The van der Waals surface area contributed by atoms with Gasteiger partial charge in [0.25, 0.3) is 0 Å². The molecule has 24 heavy (non-hydrogen) atoms. The lowest BCUT2D eigenvalue weighted by atomic mass is 9.84. The average Bonchev–Trinajstić information content (AvgIpc) is 2.97. The van der Waals surface area contributed by atoms with Crippen molar-refractivity contribution in [2.24, 2.45) is 5.92 Å². The van der Waals surface area contributed by atoms with E-state index in [-0.39, 0.29) is 24.0 Å². The molecule has 2 aliphatic rings. The Balaban J connectivity index is 1.58. The molecule has 0 N–H and O–H groups in total. The average molecular weight is 322 g/mol. The van der Waals surface area contributed by atoms with Crippen LogP contribution in [0.1, 0.15) is 23.7 Å². The van der Waals surface area contributed by atoms with E-state index >= 15 is 0 Å². The maximum absolute atomic E-state index is 13.2. The third kappa shape index (κ3) is 2.72. The monoisotopic (exact) mass is 322 g/mol. The Morgan fingerprint density at radius 3 is 2.42 bits per heavy atom. The third-order valence-electron chi connectivity index (χ3n) is 5.12. The molecule has 2 aromatic rings. The first-order valence-electron chi connectivity index (χ1n) is 8.51. The fourth-order valence-electron chi connectivity index (χ4n) is 3.89. The molecule has 3 atom stereocenters. The van der Waals surface area contributed by atoms with Gasteiger partial charge in [0.15, 0.2) is 0 Å². The fraction of sp³-hybridized carbons (Fsp3) is 0.350. The number of benzene rings is 2. The summed E-state index contributed by atoms with van der Waals surface area (Å²) in [6, 6.07) is 20.4. The number of rotatable bonds is 3. The highest BCUT2D eigenvalue weighted by Gasteiger charge is 2.50. The van der Waals surface area contributed by atoms with Crippen LogP contribution in [0.3, 0.4) is 0 Å². The zero-order chi connectivity index (χ0) is 16.5. The summed E-state index contributed by atoms with van der Waals surface area (Å²) >= 11 is 0. The molecule has 4 nitrogen and oxygen atoms in total. The molecule has 0 bridgehead atoms. The molecule has 0 radical (unpaired) electrons. The van der Waals surface area contributed by atoms with Gasteiger partial charge in [0.2, 0.25) is 5.91 Å². The fourth-order valence-corrected chi connectivity index (χ4v) is 3.89. The van der Waals surface area contributed by atoms with Crippen molar-refractivity contribution in [3.63, 3.8) is 0 Å². The Hall–Kier alpha value is -2.17. The van der Waals surface area contributed by atoms with E-state index in [2.05, 4.69) is 12.1 Å². The van der Waals surface area contributed by atoms with Gasteiger partial charge in [0.1, 0.15) is 6.10 Å². The number of hydroxylamine groups is 2. The molecule has 0 aliphatic carbocycles. The van der Waals surface area contributed by atoms with Crippen LogP contribution in [0.5, 0.6) is 0 Å². The highest BCUT2D eigenvalue weighted by Crippen LogP contribution is 2.42. The van der Waals surface area contributed by atoms with Crippen LogP contribution in [0.15, 0.2) is 60.7 Å². The number of carbonyl (C=O) groups is 1. The van der Waals surface area contributed by atoms with Crippen LogP contribution in [-0.4, -0.2) is 35.5 Å². The molecule has 0 spiro atoms. The van der Waals surface area contributed by atoms with E-state index in [1.165, 1.54) is 5.56 Å². The Bertz CT molecular complexity index is 704. The Morgan fingerprint density at radius 2 is 1.71 bits per heavy atom. The Labute approximate surface area is 142 Å². The van der Waals surface area contributed by atoms with E-state index in [9.17, 15) is 4.79 Å². The quantitative estimate of drug-likeness (QED) is 0.871. The zero-order valence-corrected chi connectivity index (χ0v) is 13.8. The summed E-state index contributed by atoms with van der Waals surface area (Å²) in [7, 11) is 1.95. The van der Waals surface area contributed by atoms with Crippen LogP contribution in [-0.2, 0) is 16.2 Å².